The van der Waals surface area contributed by atoms with Crippen molar-refractivity contribution in [3.63, 3.8) is 0 Å². The molecule has 0 bridgehead atoms. The topological polar surface area (TPSA) is 63.6 Å². The third-order valence-electron chi connectivity index (χ3n) is 4.36. The van der Waals surface area contributed by atoms with Crippen LogP contribution in [0.1, 0.15) is 37.4 Å². The lowest BCUT2D eigenvalue weighted by Crippen LogP contribution is -2.04. The molecule has 0 unspecified atom stereocenters. The van der Waals surface area contributed by atoms with E-state index in [0.29, 0.717) is 11.3 Å². The molecule has 0 heterocycles. The van der Waals surface area contributed by atoms with Crippen LogP contribution in [-0.2, 0) is 19.4 Å². The summed E-state index contributed by atoms with van der Waals surface area (Å²) in [5.74, 6) is -0.372. The number of carbonyl (C=O) groups excluding carboxylic acids is 1. The summed E-state index contributed by atoms with van der Waals surface area (Å²) in [5, 5.41) is 8.97. The maximum absolute atomic E-state index is 11.4. The Hall–Kier alpha value is -3.40. The van der Waals surface area contributed by atoms with Gasteiger partial charge in [0.05, 0.1) is 11.1 Å². The van der Waals surface area contributed by atoms with E-state index >= 15 is 0 Å². The van der Waals surface area contributed by atoms with E-state index in [-0.39, 0.29) is 12.2 Å². The highest BCUT2D eigenvalue weighted by Gasteiger charge is 2.11. The fourth-order valence-corrected chi connectivity index (χ4v) is 2.89. The quantitative estimate of drug-likeness (QED) is 0.598. The smallest absolute Gasteiger partial charge is 0.335 e. The largest absolute Gasteiger partial charge is 0.488 e. The van der Waals surface area contributed by atoms with Crippen molar-refractivity contribution < 1.29 is 19.4 Å². The molecule has 4 heteroatoms. The van der Waals surface area contributed by atoms with Gasteiger partial charge in [-0.3, -0.25) is 4.79 Å². The Bertz CT molecular complexity index is 915. The number of carboxylic acids is 1. The van der Waals surface area contributed by atoms with Gasteiger partial charge in [-0.25, -0.2) is 4.79 Å². The number of ether oxygens (including phenoxy) is 1. The minimum Gasteiger partial charge on any atom is -0.488 e. The zero-order valence-corrected chi connectivity index (χ0v) is 14.8. The van der Waals surface area contributed by atoms with E-state index in [1.165, 1.54) is 5.56 Å². The van der Waals surface area contributed by atoms with Gasteiger partial charge in [0.15, 0.2) is 6.29 Å². The molecule has 0 radical (unpaired) electrons. The van der Waals surface area contributed by atoms with Crippen molar-refractivity contribution in [2.24, 2.45) is 0 Å². The minimum absolute atomic E-state index is 0.232. The van der Waals surface area contributed by atoms with Crippen LogP contribution < -0.4 is 4.74 Å². The number of benzene rings is 3. The van der Waals surface area contributed by atoms with Crippen molar-refractivity contribution in [1.82, 2.24) is 0 Å². The van der Waals surface area contributed by atoms with Gasteiger partial charge in [-0.2, -0.15) is 0 Å². The molecule has 0 saturated carbocycles. The highest BCUT2D eigenvalue weighted by atomic mass is 16.5. The molecular formula is C23H20O4. The predicted octanol–water partition coefficient (Wildman–Crippen LogP) is 4.56. The lowest BCUT2D eigenvalue weighted by atomic mass is 10.0. The van der Waals surface area contributed by atoms with Gasteiger partial charge in [-0.05, 0) is 47.7 Å². The zero-order chi connectivity index (χ0) is 19.1. The van der Waals surface area contributed by atoms with Crippen LogP contribution in [0.15, 0.2) is 72.8 Å². The molecule has 1 N–H and O–H groups in total. The SMILES string of the molecule is O=Cc1cccc(CCc2ccccc2)c1OCc1ccc(C(=O)O)cc1. The van der Waals surface area contributed by atoms with Gasteiger partial charge in [0.25, 0.3) is 0 Å². The van der Waals surface area contributed by atoms with E-state index in [9.17, 15) is 9.59 Å². The molecule has 0 saturated heterocycles. The number of hydrogen-bond acceptors (Lipinski definition) is 3. The molecule has 0 fully saturated rings. The van der Waals surface area contributed by atoms with Crippen LogP contribution in [0.25, 0.3) is 0 Å². The number of aldehydes is 1. The second-order valence-corrected chi connectivity index (χ2v) is 6.23. The molecule has 0 aliphatic heterocycles. The van der Waals surface area contributed by atoms with Gasteiger partial charge in [0.2, 0.25) is 0 Å². The Kier molecular flexibility index (Phi) is 6.00. The molecule has 27 heavy (non-hydrogen) atoms. The van der Waals surface area contributed by atoms with Crippen molar-refractivity contribution in [3.05, 3.63) is 101 Å². The highest BCUT2D eigenvalue weighted by Crippen LogP contribution is 2.25. The van der Waals surface area contributed by atoms with Crippen LogP contribution in [-0.4, -0.2) is 17.4 Å². The van der Waals surface area contributed by atoms with Crippen molar-refractivity contribution >= 4 is 12.3 Å². The Morgan fingerprint density at radius 3 is 2.26 bits per heavy atom. The maximum atomic E-state index is 11.4. The molecule has 3 rings (SSSR count). The van der Waals surface area contributed by atoms with Crippen LogP contribution in [0.4, 0.5) is 0 Å². The standard InChI is InChI=1S/C23H20O4/c24-15-21-8-4-7-19(12-9-17-5-2-1-3-6-17)22(21)27-16-18-10-13-20(14-11-18)23(25)26/h1-8,10-11,13-15H,9,12,16H2,(H,25,26). The molecule has 3 aromatic rings. The van der Waals surface area contributed by atoms with E-state index in [1.54, 1.807) is 30.3 Å². The van der Waals surface area contributed by atoms with E-state index in [0.717, 1.165) is 30.3 Å². The molecule has 4 nitrogen and oxygen atoms in total. The summed E-state index contributed by atoms with van der Waals surface area (Å²) in [6.07, 6.45) is 2.42. The van der Waals surface area contributed by atoms with Crippen LogP contribution >= 0.6 is 0 Å². The van der Waals surface area contributed by atoms with Crippen molar-refractivity contribution in [3.8, 4) is 5.75 Å². The molecule has 136 valence electrons. The fourth-order valence-electron chi connectivity index (χ4n) is 2.89. The lowest BCUT2D eigenvalue weighted by molar-refractivity contribution is 0.0696. The van der Waals surface area contributed by atoms with Gasteiger partial charge < -0.3 is 9.84 Å². The van der Waals surface area contributed by atoms with Crippen molar-refractivity contribution in [1.29, 1.82) is 0 Å². The normalized spacial score (nSPS) is 10.4. The third kappa shape index (κ3) is 4.82. The number of para-hydroxylation sites is 1. The van der Waals surface area contributed by atoms with Gasteiger partial charge in [-0.15, -0.1) is 0 Å². The second-order valence-electron chi connectivity index (χ2n) is 6.23. The number of carbonyl (C=O) groups is 2. The van der Waals surface area contributed by atoms with Crippen molar-refractivity contribution in [2.75, 3.05) is 0 Å². The van der Waals surface area contributed by atoms with E-state index in [2.05, 4.69) is 12.1 Å². The van der Waals surface area contributed by atoms with Gasteiger partial charge in [-0.1, -0.05) is 54.6 Å². The van der Waals surface area contributed by atoms with E-state index in [1.807, 2.05) is 30.3 Å². The van der Waals surface area contributed by atoms with Crippen LogP contribution in [0.3, 0.4) is 0 Å². The first kappa shape index (κ1) is 18.4. The third-order valence-corrected chi connectivity index (χ3v) is 4.36. The average molecular weight is 360 g/mol. The van der Waals surface area contributed by atoms with E-state index in [4.69, 9.17) is 9.84 Å². The van der Waals surface area contributed by atoms with Crippen molar-refractivity contribution in [2.45, 2.75) is 19.4 Å². The monoisotopic (exact) mass is 360 g/mol. The minimum atomic E-state index is -0.961. The summed E-state index contributed by atoms with van der Waals surface area (Å²) in [7, 11) is 0. The number of carboxylic acid groups (broad SMARTS) is 1. The number of aryl methyl sites for hydroxylation is 2. The number of aromatic carboxylic acids is 1. The summed E-state index contributed by atoms with van der Waals surface area (Å²) >= 11 is 0. The molecular weight excluding hydrogens is 340 g/mol. The number of hydrogen-bond donors (Lipinski definition) is 1. The Labute approximate surface area is 158 Å². The Morgan fingerprint density at radius 1 is 0.852 bits per heavy atom. The summed E-state index contributed by atoms with van der Waals surface area (Å²) in [5.41, 5.74) is 3.79. The molecule has 0 aromatic heterocycles. The molecule has 0 aliphatic rings. The molecule has 0 aliphatic carbocycles. The Morgan fingerprint density at radius 2 is 1.59 bits per heavy atom. The summed E-state index contributed by atoms with van der Waals surface area (Å²) in [4.78, 5) is 22.4. The van der Waals surface area contributed by atoms with Crippen LogP contribution in [0.5, 0.6) is 5.75 Å². The Balaban J connectivity index is 1.74. The predicted molar refractivity (Wildman–Crippen MR) is 103 cm³/mol. The first-order valence-corrected chi connectivity index (χ1v) is 8.73. The average Bonchev–Trinajstić information content (AvgIpc) is 2.71. The molecule has 0 atom stereocenters. The van der Waals surface area contributed by atoms with Gasteiger partial charge in [0, 0.05) is 0 Å². The van der Waals surface area contributed by atoms with Gasteiger partial charge >= 0.3 is 5.97 Å². The zero-order valence-electron chi connectivity index (χ0n) is 14.8. The number of rotatable bonds is 8. The summed E-state index contributed by atoms with van der Waals surface area (Å²) < 4.78 is 5.96. The first-order valence-electron chi connectivity index (χ1n) is 8.73. The maximum Gasteiger partial charge on any atom is 0.335 e. The fraction of sp³-hybridized carbons (Fsp3) is 0.130. The second kappa shape index (κ2) is 8.81. The summed E-state index contributed by atoms with van der Waals surface area (Å²) in [6.45, 7) is 0.267. The molecule has 0 spiro atoms. The highest BCUT2D eigenvalue weighted by molar-refractivity contribution is 5.87. The van der Waals surface area contributed by atoms with E-state index < -0.39 is 5.97 Å². The molecule has 0 amide bonds. The lowest BCUT2D eigenvalue weighted by Gasteiger charge is -2.14. The van der Waals surface area contributed by atoms with Crippen LogP contribution in [0, 0.1) is 0 Å². The first-order chi connectivity index (χ1) is 13.2. The van der Waals surface area contributed by atoms with Gasteiger partial charge in [0.1, 0.15) is 12.4 Å². The molecule has 3 aromatic carbocycles. The van der Waals surface area contributed by atoms with Crippen LogP contribution in [0.2, 0.25) is 0 Å². The summed E-state index contributed by atoms with van der Waals surface area (Å²) in [6, 6.07) is 22.3.